The van der Waals surface area contributed by atoms with Crippen LogP contribution in [-0.2, 0) is 12.7 Å². The van der Waals surface area contributed by atoms with E-state index in [1.165, 1.54) is 20.3 Å². The highest BCUT2D eigenvalue weighted by Gasteiger charge is 2.35. The smallest absolute Gasteiger partial charge is 0.451 e. The lowest BCUT2D eigenvalue weighted by Crippen LogP contribution is -2.14. The second-order valence-corrected chi connectivity index (χ2v) is 5.44. The first-order valence-corrected chi connectivity index (χ1v) is 7.71. The normalized spacial score (nSPS) is 11.4. The van der Waals surface area contributed by atoms with Crippen molar-refractivity contribution in [2.45, 2.75) is 12.7 Å². The van der Waals surface area contributed by atoms with Crippen molar-refractivity contribution in [3.8, 4) is 11.5 Å². The Morgan fingerprint density at radius 2 is 1.77 bits per heavy atom. The average Bonchev–Trinajstić information content (AvgIpc) is 2.64. The highest BCUT2D eigenvalue weighted by Crippen LogP contribution is 2.32. The molecule has 3 rings (SSSR count). The second-order valence-electron chi connectivity index (χ2n) is 5.44. The number of halogens is 3. The standard InChI is InChI=1S/C18H16F3N3O2/c1-25-12-7-8-13-14(9-12)23-17(18(19,20)21)24-16(13)22-10-11-5-3-4-6-15(11)26-2/h3-9H,10H2,1-2H3,(H,22,23,24). The van der Waals surface area contributed by atoms with Gasteiger partial charge in [0.1, 0.15) is 17.3 Å². The summed E-state index contributed by atoms with van der Waals surface area (Å²) in [5.41, 5.74) is 0.943. The molecule has 0 aliphatic carbocycles. The summed E-state index contributed by atoms with van der Waals surface area (Å²) < 4.78 is 49.8. The van der Waals surface area contributed by atoms with E-state index in [1.807, 2.05) is 18.2 Å². The van der Waals surface area contributed by atoms with Crippen LogP contribution in [0, 0.1) is 0 Å². The predicted molar refractivity (Wildman–Crippen MR) is 91.4 cm³/mol. The molecule has 1 aromatic heterocycles. The molecule has 0 fully saturated rings. The third kappa shape index (κ3) is 3.63. The number of nitrogens with zero attached hydrogens (tertiary/aromatic N) is 2. The van der Waals surface area contributed by atoms with Crippen molar-refractivity contribution in [3.63, 3.8) is 0 Å². The van der Waals surface area contributed by atoms with E-state index >= 15 is 0 Å². The molecule has 8 heteroatoms. The molecule has 0 radical (unpaired) electrons. The Bertz CT molecular complexity index is 929. The quantitative estimate of drug-likeness (QED) is 0.733. The molecule has 0 spiro atoms. The molecule has 1 heterocycles. The summed E-state index contributed by atoms with van der Waals surface area (Å²) in [6, 6.07) is 12.0. The van der Waals surface area contributed by atoms with Crippen molar-refractivity contribution in [1.29, 1.82) is 0 Å². The molecule has 0 saturated heterocycles. The Morgan fingerprint density at radius 3 is 2.46 bits per heavy atom. The van der Waals surface area contributed by atoms with E-state index in [9.17, 15) is 13.2 Å². The second kappa shape index (κ2) is 7.07. The van der Waals surface area contributed by atoms with Gasteiger partial charge in [-0.25, -0.2) is 9.97 Å². The van der Waals surface area contributed by atoms with Gasteiger partial charge in [-0.3, -0.25) is 0 Å². The molecule has 2 aromatic carbocycles. The summed E-state index contributed by atoms with van der Waals surface area (Å²) in [7, 11) is 2.97. The third-order valence-corrected chi connectivity index (χ3v) is 3.80. The highest BCUT2D eigenvalue weighted by molar-refractivity contribution is 5.90. The van der Waals surface area contributed by atoms with Crippen LogP contribution in [0.3, 0.4) is 0 Å². The Balaban J connectivity index is 2.03. The molecule has 0 aliphatic rings. The number of fused-ring (bicyclic) bond motifs is 1. The zero-order valence-electron chi connectivity index (χ0n) is 14.1. The summed E-state index contributed by atoms with van der Waals surface area (Å²) >= 11 is 0. The molecule has 0 bridgehead atoms. The fourth-order valence-corrected chi connectivity index (χ4v) is 2.53. The minimum absolute atomic E-state index is 0.0934. The maximum Gasteiger partial charge on any atom is 0.451 e. The fraction of sp³-hybridized carbons (Fsp3) is 0.222. The molecule has 136 valence electrons. The van der Waals surface area contributed by atoms with Crippen LogP contribution < -0.4 is 14.8 Å². The summed E-state index contributed by atoms with van der Waals surface area (Å²) in [4.78, 5) is 7.29. The number of hydrogen-bond donors (Lipinski definition) is 1. The Labute approximate surface area is 147 Å². The lowest BCUT2D eigenvalue weighted by molar-refractivity contribution is -0.144. The van der Waals surface area contributed by atoms with Crippen LogP contribution in [0.25, 0.3) is 10.9 Å². The van der Waals surface area contributed by atoms with Crippen LogP contribution in [0.15, 0.2) is 42.5 Å². The van der Waals surface area contributed by atoms with Gasteiger partial charge in [0, 0.05) is 23.6 Å². The summed E-state index contributed by atoms with van der Waals surface area (Å²) in [6.07, 6.45) is -4.65. The lowest BCUT2D eigenvalue weighted by atomic mass is 10.2. The first-order chi connectivity index (χ1) is 12.4. The van der Waals surface area contributed by atoms with Gasteiger partial charge in [-0.1, -0.05) is 18.2 Å². The third-order valence-electron chi connectivity index (χ3n) is 3.80. The molecule has 0 atom stereocenters. The predicted octanol–water partition coefficient (Wildman–Crippen LogP) is 4.28. The monoisotopic (exact) mass is 363 g/mol. The number of alkyl halides is 3. The molecule has 5 nitrogen and oxygen atoms in total. The van der Waals surface area contributed by atoms with Gasteiger partial charge in [-0.2, -0.15) is 13.2 Å². The largest absolute Gasteiger partial charge is 0.497 e. The molecule has 26 heavy (non-hydrogen) atoms. The van der Waals surface area contributed by atoms with E-state index in [4.69, 9.17) is 9.47 Å². The molecule has 1 N–H and O–H groups in total. The Morgan fingerprint density at radius 1 is 1.00 bits per heavy atom. The first kappa shape index (κ1) is 17.8. The van der Waals surface area contributed by atoms with Crippen LogP contribution >= 0.6 is 0 Å². The lowest BCUT2D eigenvalue weighted by Gasteiger charge is -2.14. The maximum atomic E-state index is 13.2. The number of anilines is 1. The molecule has 0 saturated carbocycles. The van der Waals surface area contributed by atoms with E-state index in [-0.39, 0.29) is 17.9 Å². The van der Waals surface area contributed by atoms with Gasteiger partial charge in [-0.15, -0.1) is 0 Å². The molecular formula is C18H16F3N3O2. The number of aromatic nitrogens is 2. The van der Waals surface area contributed by atoms with Crippen LogP contribution in [0.4, 0.5) is 19.0 Å². The average molecular weight is 363 g/mol. The van der Waals surface area contributed by atoms with Crippen LogP contribution in [0.5, 0.6) is 11.5 Å². The van der Waals surface area contributed by atoms with Crippen molar-refractivity contribution in [1.82, 2.24) is 9.97 Å². The number of benzene rings is 2. The number of rotatable bonds is 5. The van der Waals surface area contributed by atoms with E-state index in [1.54, 1.807) is 18.2 Å². The van der Waals surface area contributed by atoms with E-state index < -0.39 is 12.0 Å². The van der Waals surface area contributed by atoms with Crippen molar-refractivity contribution < 1.29 is 22.6 Å². The molecule has 0 amide bonds. The van der Waals surface area contributed by atoms with Gasteiger partial charge in [-0.05, 0) is 18.2 Å². The number of ether oxygens (including phenoxy) is 2. The Hall–Kier alpha value is -3.03. The van der Waals surface area contributed by atoms with E-state index in [0.29, 0.717) is 16.9 Å². The van der Waals surface area contributed by atoms with Gasteiger partial charge in [0.2, 0.25) is 5.82 Å². The van der Waals surface area contributed by atoms with Crippen molar-refractivity contribution in [3.05, 3.63) is 53.9 Å². The summed E-state index contributed by atoms with van der Waals surface area (Å²) in [6.45, 7) is 0.249. The maximum absolute atomic E-state index is 13.2. The molecule has 0 aliphatic heterocycles. The number of para-hydroxylation sites is 1. The highest BCUT2D eigenvalue weighted by atomic mass is 19.4. The number of methoxy groups -OCH3 is 2. The van der Waals surface area contributed by atoms with Gasteiger partial charge in [0.15, 0.2) is 0 Å². The van der Waals surface area contributed by atoms with Crippen LogP contribution in [0.1, 0.15) is 11.4 Å². The summed E-state index contributed by atoms with van der Waals surface area (Å²) in [5.74, 6) is -0.0623. The van der Waals surface area contributed by atoms with E-state index in [0.717, 1.165) is 5.56 Å². The Kier molecular flexibility index (Phi) is 4.83. The SMILES string of the molecule is COc1ccc2c(NCc3ccccc3OC)nc(C(F)(F)F)nc2c1. The molecule has 0 unspecified atom stereocenters. The minimum Gasteiger partial charge on any atom is -0.497 e. The molecule has 3 aromatic rings. The number of hydrogen-bond acceptors (Lipinski definition) is 5. The van der Waals surface area contributed by atoms with Gasteiger partial charge in [0.25, 0.3) is 0 Å². The van der Waals surface area contributed by atoms with Crippen molar-refractivity contribution >= 4 is 16.7 Å². The van der Waals surface area contributed by atoms with Crippen LogP contribution in [-0.4, -0.2) is 24.2 Å². The van der Waals surface area contributed by atoms with Crippen molar-refractivity contribution in [2.24, 2.45) is 0 Å². The zero-order chi connectivity index (χ0) is 18.7. The van der Waals surface area contributed by atoms with E-state index in [2.05, 4.69) is 15.3 Å². The zero-order valence-corrected chi connectivity index (χ0v) is 14.1. The fourth-order valence-electron chi connectivity index (χ4n) is 2.53. The first-order valence-electron chi connectivity index (χ1n) is 7.71. The number of nitrogens with one attached hydrogen (secondary N) is 1. The van der Waals surface area contributed by atoms with Gasteiger partial charge >= 0.3 is 6.18 Å². The minimum atomic E-state index is -4.65. The van der Waals surface area contributed by atoms with Crippen molar-refractivity contribution in [2.75, 3.05) is 19.5 Å². The van der Waals surface area contributed by atoms with Gasteiger partial charge in [0.05, 0.1) is 19.7 Å². The van der Waals surface area contributed by atoms with Gasteiger partial charge < -0.3 is 14.8 Å². The molecular weight excluding hydrogens is 347 g/mol. The topological polar surface area (TPSA) is 56.3 Å². The summed E-state index contributed by atoms with van der Waals surface area (Å²) in [5, 5.41) is 3.42. The van der Waals surface area contributed by atoms with Crippen LogP contribution in [0.2, 0.25) is 0 Å².